The zero-order valence-corrected chi connectivity index (χ0v) is 22.2. The van der Waals surface area contributed by atoms with Crippen LogP contribution >= 0.6 is 11.3 Å². The Bertz CT molecular complexity index is 1780. The van der Waals surface area contributed by atoms with Gasteiger partial charge in [0.1, 0.15) is 12.3 Å². The van der Waals surface area contributed by atoms with Crippen molar-refractivity contribution in [1.82, 2.24) is 19.0 Å². The Morgan fingerprint density at radius 1 is 1.10 bits per heavy atom. The number of aromatic nitrogens is 4. The number of aryl methyl sites for hydroxylation is 1. The van der Waals surface area contributed by atoms with Gasteiger partial charge in [0.15, 0.2) is 0 Å². The van der Waals surface area contributed by atoms with Crippen LogP contribution in [0.15, 0.2) is 64.2 Å². The van der Waals surface area contributed by atoms with Crippen molar-refractivity contribution in [2.24, 2.45) is 0 Å². The number of pyridine rings is 1. The number of carbonyl (C=O) groups is 1. The number of nitrogens with zero attached hydrogens (tertiary/aromatic N) is 5. The molecule has 0 spiro atoms. The number of anilines is 1. The molecule has 5 aromatic rings. The summed E-state index contributed by atoms with van der Waals surface area (Å²) < 4.78 is 16.0. The van der Waals surface area contributed by atoms with E-state index in [2.05, 4.69) is 10.3 Å². The molecule has 0 saturated carbocycles. The summed E-state index contributed by atoms with van der Waals surface area (Å²) in [5.41, 5.74) is 1.57. The maximum atomic E-state index is 14.0. The molecule has 1 aliphatic rings. The molecule has 0 unspecified atom stereocenters. The molecule has 2 aromatic carbocycles. The van der Waals surface area contributed by atoms with Crippen LogP contribution in [0.3, 0.4) is 0 Å². The highest BCUT2D eigenvalue weighted by Gasteiger charge is 2.25. The Hall–Kier alpha value is -4.42. The third kappa shape index (κ3) is 4.47. The average molecular weight is 547 g/mol. The molecule has 0 bridgehead atoms. The van der Waals surface area contributed by atoms with Crippen molar-refractivity contribution in [2.75, 3.05) is 43.7 Å². The SMILES string of the molecule is COc1ccc(NC(=O)Cn2c3cc(=O)n(N4CCOCC4)c(C)c3c(=O)n2-c2nc3ccccc3s2)cc1. The van der Waals surface area contributed by atoms with E-state index in [1.54, 1.807) is 38.3 Å². The number of hydrogen-bond donors (Lipinski definition) is 1. The Morgan fingerprint density at radius 2 is 1.85 bits per heavy atom. The smallest absolute Gasteiger partial charge is 0.283 e. The lowest BCUT2D eigenvalue weighted by atomic mass is 10.2. The summed E-state index contributed by atoms with van der Waals surface area (Å²) in [6, 6.07) is 16.0. The molecule has 1 N–H and O–H groups in total. The van der Waals surface area contributed by atoms with E-state index in [0.717, 1.165) is 10.2 Å². The maximum absolute atomic E-state index is 14.0. The normalized spacial score (nSPS) is 13.7. The quantitative estimate of drug-likeness (QED) is 0.348. The Morgan fingerprint density at radius 3 is 2.56 bits per heavy atom. The van der Waals surface area contributed by atoms with Crippen LogP contribution in [-0.2, 0) is 16.1 Å². The molecule has 1 aliphatic heterocycles. The fourth-order valence-corrected chi connectivity index (χ4v) is 5.88. The minimum atomic E-state index is -0.359. The molecule has 1 amide bonds. The van der Waals surface area contributed by atoms with E-state index in [-0.39, 0.29) is 23.6 Å². The van der Waals surface area contributed by atoms with E-state index < -0.39 is 0 Å². The van der Waals surface area contributed by atoms with E-state index in [0.29, 0.717) is 59.5 Å². The second-order valence-electron chi connectivity index (χ2n) is 9.12. The van der Waals surface area contributed by atoms with Crippen LogP contribution < -0.4 is 26.2 Å². The summed E-state index contributed by atoms with van der Waals surface area (Å²) in [5.74, 6) is 0.308. The lowest BCUT2D eigenvalue weighted by Gasteiger charge is -2.31. The van der Waals surface area contributed by atoms with Crippen molar-refractivity contribution in [3.8, 4) is 10.9 Å². The van der Waals surface area contributed by atoms with Gasteiger partial charge in [-0.25, -0.2) is 9.66 Å². The van der Waals surface area contributed by atoms with Crippen LogP contribution in [0, 0.1) is 6.92 Å². The number of rotatable bonds is 6. The van der Waals surface area contributed by atoms with Gasteiger partial charge in [-0.3, -0.25) is 19.1 Å². The van der Waals surface area contributed by atoms with Crippen LogP contribution in [0.5, 0.6) is 5.75 Å². The van der Waals surface area contributed by atoms with E-state index in [9.17, 15) is 14.4 Å². The molecular weight excluding hydrogens is 520 g/mol. The zero-order chi connectivity index (χ0) is 27.1. The number of thiazole rings is 1. The molecule has 4 heterocycles. The first-order chi connectivity index (χ1) is 18.9. The average Bonchev–Trinajstić information content (AvgIpc) is 3.48. The lowest BCUT2D eigenvalue weighted by molar-refractivity contribution is -0.116. The second-order valence-corrected chi connectivity index (χ2v) is 10.1. The number of benzene rings is 2. The van der Waals surface area contributed by atoms with Crippen LogP contribution in [0.2, 0.25) is 0 Å². The molecular formula is C27H26N6O5S. The Labute approximate surface area is 226 Å². The van der Waals surface area contributed by atoms with Gasteiger partial charge in [-0.05, 0) is 43.3 Å². The molecule has 200 valence electrons. The fourth-order valence-electron chi connectivity index (χ4n) is 4.91. The summed E-state index contributed by atoms with van der Waals surface area (Å²) >= 11 is 1.34. The molecule has 12 heteroatoms. The van der Waals surface area contributed by atoms with Crippen LogP contribution in [0.4, 0.5) is 5.69 Å². The van der Waals surface area contributed by atoms with Gasteiger partial charge in [0.25, 0.3) is 11.1 Å². The summed E-state index contributed by atoms with van der Waals surface area (Å²) in [5, 5.41) is 5.52. The van der Waals surface area contributed by atoms with Crippen molar-refractivity contribution in [2.45, 2.75) is 13.5 Å². The zero-order valence-electron chi connectivity index (χ0n) is 21.4. The molecule has 3 aromatic heterocycles. The highest BCUT2D eigenvalue weighted by atomic mass is 32.1. The molecule has 0 aliphatic carbocycles. The van der Waals surface area contributed by atoms with Crippen molar-refractivity contribution in [3.05, 3.63) is 81.0 Å². The van der Waals surface area contributed by atoms with Gasteiger partial charge < -0.3 is 19.8 Å². The number of ether oxygens (including phenoxy) is 2. The highest BCUT2D eigenvalue weighted by Crippen LogP contribution is 2.26. The summed E-state index contributed by atoms with van der Waals surface area (Å²) in [6.07, 6.45) is 0. The summed E-state index contributed by atoms with van der Waals surface area (Å²) in [7, 11) is 1.57. The third-order valence-corrected chi connectivity index (χ3v) is 7.74. The molecule has 39 heavy (non-hydrogen) atoms. The maximum Gasteiger partial charge on any atom is 0.283 e. The third-order valence-electron chi connectivity index (χ3n) is 6.73. The number of hydrogen-bond acceptors (Lipinski definition) is 8. The second kappa shape index (κ2) is 10.0. The minimum absolute atomic E-state index is 0.207. The van der Waals surface area contributed by atoms with Gasteiger partial charge in [-0.15, -0.1) is 0 Å². The van der Waals surface area contributed by atoms with Crippen molar-refractivity contribution in [3.63, 3.8) is 0 Å². The van der Waals surface area contributed by atoms with E-state index >= 15 is 0 Å². The first-order valence-corrected chi connectivity index (χ1v) is 13.3. The predicted molar refractivity (Wildman–Crippen MR) is 150 cm³/mol. The fraction of sp³-hybridized carbons (Fsp3) is 0.259. The standard InChI is InChI=1S/C27H26N6O5S/c1-17-25-21(15-24(35)32(17)30-11-13-38-14-12-30)31(16-23(34)28-18-7-9-19(37-2)10-8-18)33(26(25)36)27-29-20-5-3-4-6-22(20)39-27/h3-10,15H,11-14,16H2,1-2H3,(H,28,34). The van der Waals surface area contributed by atoms with E-state index in [1.165, 1.54) is 31.4 Å². The molecule has 11 nitrogen and oxygen atoms in total. The number of nitrogens with one attached hydrogen (secondary N) is 1. The first-order valence-electron chi connectivity index (χ1n) is 12.5. The monoisotopic (exact) mass is 546 g/mol. The Balaban J connectivity index is 1.50. The minimum Gasteiger partial charge on any atom is -0.497 e. The molecule has 6 rings (SSSR count). The lowest BCUT2D eigenvalue weighted by Crippen LogP contribution is -2.49. The Kier molecular flexibility index (Phi) is 6.41. The van der Waals surface area contributed by atoms with Crippen LogP contribution in [0.1, 0.15) is 5.69 Å². The van der Waals surface area contributed by atoms with E-state index in [4.69, 9.17) is 9.47 Å². The van der Waals surface area contributed by atoms with Gasteiger partial charge in [-0.1, -0.05) is 23.5 Å². The van der Waals surface area contributed by atoms with Crippen molar-refractivity contribution in [1.29, 1.82) is 0 Å². The number of fused-ring (bicyclic) bond motifs is 2. The predicted octanol–water partition coefficient (Wildman–Crippen LogP) is 2.49. The van der Waals surface area contributed by atoms with Gasteiger partial charge in [-0.2, -0.15) is 4.68 Å². The topological polar surface area (TPSA) is 113 Å². The van der Waals surface area contributed by atoms with Gasteiger partial charge in [0.05, 0.1) is 60.2 Å². The molecule has 1 saturated heterocycles. The number of morpholine rings is 1. The van der Waals surface area contributed by atoms with Crippen LogP contribution in [0.25, 0.3) is 26.3 Å². The summed E-state index contributed by atoms with van der Waals surface area (Å²) in [6.45, 7) is 3.59. The number of methoxy groups -OCH3 is 1. The van der Waals surface area contributed by atoms with Crippen molar-refractivity contribution < 1.29 is 14.3 Å². The van der Waals surface area contributed by atoms with E-state index in [1.807, 2.05) is 29.3 Å². The number of carbonyl (C=O) groups excluding carboxylic acids is 1. The summed E-state index contributed by atoms with van der Waals surface area (Å²) in [4.78, 5) is 45.3. The largest absolute Gasteiger partial charge is 0.497 e. The molecule has 1 fully saturated rings. The first kappa shape index (κ1) is 24.9. The van der Waals surface area contributed by atoms with Crippen LogP contribution in [-0.4, -0.2) is 58.3 Å². The van der Waals surface area contributed by atoms with Gasteiger partial charge >= 0.3 is 0 Å². The molecule has 0 atom stereocenters. The number of para-hydroxylation sites is 1. The van der Waals surface area contributed by atoms with Gasteiger partial charge in [0, 0.05) is 11.8 Å². The van der Waals surface area contributed by atoms with Crippen molar-refractivity contribution >= 4 is 44.1 Å². The van der Waals surface area contributed by atoms with Gasteiger partial charge in [0.2, 0.25) is 11.0 Å². The highest BCUT2D eigenvalue weighted by molar-refractivity contribution is 7.20. The molecule has 0 radical (unpaired) electrons. The number of amides is 1.